The number of anilines is 2. The van der Waals surface area contributed by atoms with Crippen molar-refractivity contribution in [3.05, 3.63) is 54.1 Å². The Morgan fingerprint density at radius 2 is 1.67 bits per heavy atom. The first-order valence-corrected chi connectivity index (χ1v) is 12.2. The van der Waals surface area contributed by atoms with Gasteiger partial charge in [-0.1, -0.05) is 26.0 Å². The van der Waals surface area contributed by atoms with Gasteiger partial charge in [-0.3, -0.25) is 19.2 Å². The Balaban J connectivity index is 1.53. The summed E-state index contributed by atoms with van der Waals surface area (Å²) in [5, 5.41) is 5.05. The lowest BCUT2D eigenvalue weighted by Crippen LogP contribution is -2.33. The van der Waals surface area contributed by atoms with Gasteiger partial charge in [-0.2, -0.15) is 0 Å². The number of nitrogens with zero attached hydrogens (tertiary/aromatic N) is 1. The van der Waals surface area contributed by atoms with Crippen LogP contribution in [0.1, 0.15) is 32.3 Å². The van der Waals surface area contributed by atoms with Crippen LogP contribution in [0.2, 0.25) is 0 Å². The van der Waals surface area contributed by atoms with Crippen LogP contribution >= 0.6 is 0 Å². The predicted octanol–water partition coefficient (Wildman–Crippen LogP) is 2.96. The number of carbonyl (C=O) groups is 3. The number of hydrogen-bond acceptors (Lipinski definition) is 5. The van der Waals surface area contributed by atoms with E-state index in [0.29, 0.717) is 17.3 Å². The maximum atomic E-state index is 12.7. The molecule has 3 rings (SSSR count). The largest absolute Gasteiger partial charge is 0.329 e. The highest BCUT2D eigenvalue weighted by Crippen LogP contribution is 2.20. The fourth-order valence-electron chi connectivity index (χ4n) is 3.24. The Morgan fingerprint density at radius 1 is 1.03 bits per heavy atom. The highest BCUT2D eigenvalue weighted by atomic mass is 32.2. The molecule has 1 saturated heterocycles. The molecule has 0 atom stereocenters. The number of hydrogen-bond donors (Lipinski definition) is 3. The number of nitrogens with one attached hydrogen (secondary N) is 3. The third-order valence-corrected chi connectivity index (χ3v) is 6.56. The number of urea groups is 1. The molecule has 176 valence electrons. The quantitative estimate of drug-likeness (QED) is 0.459. The van der Waals surface area contributed by atoms with Gasteiger partial charge in [0.15, 0.2) is 0 Å². The smallest absolute Gasteiger partial charge is 0.324 e. The van der Waals surface area contributed by atoms with Gasteiger partial charge in [0.2, 0.25) is 11.8 Å². The molecule has 1 heterocycles. The van der Waals surface area contributed by atoms with E-state index in [2.05, 4.69) is 29.2 Å². The number of sulfonamides is 1. The van der Waals surface area contributed by atoms with Crippen LogP contribution in [0.4, 0.5) is 16.2 Å². The maximum Gasteiger partial charge on any atom is 0.324 e. The Labute approximate surface area is 193 Å². The monoisotopic (exact) mass is 472 g/mol. The van der Waals surface area contributed by atoms with Crippen molar-refractivity contribution in [2.24, 2.45) is 5.92 Å². The Kier molecular flexibility index (Phi) is 7.70. The van der Waals surface area contributed by atoms with Gasteiger partial charge < -0.3 is 10.6 Å². The second kappa shape index (κ2) is 10.5. The average molecular weight is 473 g/mol. The average Bonchev–Trinajstić information content (AvgIpc) is 3.09. The fraction of sp³-hybridized carbons (Fsp3) is 0.348. The summed E-state index contributed by atoms with van der Waals surface area (Å²) in [5.74, 6) is -0.151. The number of carbonyl (C=O) groups excluding carboxylic acids is 3. The summed E-state index contributed by atoms with van der Waals surface area (Å²) in [6, 6.07) is 12.6. The summed E-state index contributed by atoms with van der Waals surface area (Å²) in [7, 11) is -3.74. The number of aryl methyl sites for hydroxylation is 1. The summed E-state index contributed by atoms with van der Waals surface area (Å²) in [6.45, 7) is 4.23. The Hall–Kier alpha value is -3.40. The van der Waals surface area contributed by atoms with Gasteiger partial charge in [-0.15, -0.1) is 0 Å². The van der Waals surface area contributed by atoms with E-state index >= 15 is 0 Å². The summed E-state index contributed by atoms with van der Waals surface area (Å²) in [6.07, 6.45) is 1.90. The SMILES string of the molecule is CC(C)CCc1ccc(S(=O)(=O)Nc2ccc(NC(=O)CCN3C(=O)CNC3=O)cc2)cc1. The van der Waals surface area contributed by atoms with E-state index < -0.39 is 16.1 Å². The van der Waals surface area contributed by atoms with Crippen molar-refractivity contribution in [1.82, 2.24) is 10.2 Å². The van der Waals surface area contributed by atoms with E-state index in [9.17, 15) is 22.8 Å². The molecule has 0 saturated carbocycles. The molecule has 10 heteroatoms. The molecule has 3 N–H and O–H groups in total. The molecule has 33 heavy (non-hydrogen) atoms. The summed E-state index contributed by atoms with van der Waals surface area (Å²) < 4.78 is 27.8. The van der Waals surface area contributed by atoms with Crippen LogP contribution in [-0.2, 0) is 26.0 Å². The van der Waals surface area contributed by atoms with Crippen LogP contribution in [0.15, 0.2) is 53.4 Å². The van der Waals surface area contributed by atoms with Gasteiger partial charge in [0.05, 0.1) is 11.4 Å². The zero-order valence-corrected chi connectivity index (χ0v) is 19.4. The normalized spacial score (nSPS) is 13.8. The van der Waals surface area contributed by atoms with Crippen LogP contribution in [-0.4, -0.2) is 44.3 Å². The zero-order chi connectivity index (χ0) is 24.0. The molecule has 1 fully saturated rings. The third-order valence-electron chi connectivity index (χ3n) is 5.16. The van der Waals surface area contributed by atoms with Gasteiger partial charge in [-0.05, 0) is 60.7 Å². The molecule has 2 aromatic rings. The molecule has 0 aromatic heterocycles. The van der Waals surface area contributed by atoms with Gasteiger partial charge in [-0.25, -0.2) is 13.2 Å². The third kappa shape index (κ3) is 6.79. The van der Waals surface area contributed by atoms with Gasteiger partial charge >= 0.3 is 6.03 Å². The second-order valence-corrected chi connectivity index (χ2v) is 9.94. The van der Waals surface area contributed by atoms with Crippen LogP contribution in [0.25, 0.3) is 0 Å². The lowest BCUT2D eigenvalue weighted by atomic mass is 10.0. The van der Waals surface area contributed by atoms with Crippen LogP contribution in [0.5, 0.6) is 0 Å². The number of amides is 4. The van der Waals surface area contributed by atoms with Crippen LogP contribution in [0, 0.1) is 5.92 Å². The van der Waals surface area contributed by atoms with Crippen molar-refractivity contribution in [2.45, 2.75) is 38.0 Å². The Morgan fingerprint density at radius 3 is 2.24 bits per heavy atom. The molecule has 1 aliphatic rings. The minimum atomic E-state index is -3.74. The molecule has 0 bridgehead atoms. The van der Waals surface area contributed by atoms with Crippen LogP contribution in [0.3, 0.4) is 0 Å². The van der Waals surface area contributed by atoms with Gasteiger partial charge in [0, 0.05) is 24.3 Å². The second-order valence-electron chi connectivity index (χ2n) is 8.26. The molecule has 4 amide bonds. The summed E-state index contributed by atoms with van der Waals surface area (Å²) >= 11 is 0. The van der Waals surface area contributed by atoms with Crippen molar-refractivity contribution >= 4 is 39.2 Å². The first-order chi connectivity index (χ1) is 15.6. The van der Waals surface area contributed by atoms with Crippen molar-refractivity contribution in [2.75, 3.05) is 23.1 Å². The molecule has 2 aromatic carbocycles. The lowest BCUT2D eigenvalue weighted by Gasteiger charge is -2.12. The lowest BCUT2D eigenvalue weighted by molar-refractivity contribution is -0.125. The number of benzene rings is 2. The van der Waals surface area contributed by atoms with E-state index in [0.717, 1.165) is 23.3 Å². The molecule has 1 aliphatic heterocycles. The standard InChI is InChI=1S/C23H28N4O5S/c1-16(2)3-4-17-5-11-20(12-6-17)33(31,32)26-19-9-7-18(8-10-19)25-21(28)13-14-27-22(29)15-24-23(27)30/h5-12,16,26H,3-4,13-15H2,1-2H3,(H,24,30)(H,25,28). The fourth-order valence-corrected chi connectivity index (χ4v) is 4.30. The molecular weight excluding hydrogens is 444 g/mol. The highest BCUT2D eigenvalue weighted by molar-refractivity contribution is 7.92. The molecule has 0 unspecified atom stereocenters. The van der Waals surface area contributed by atoms with Crippen molar-refractivity contribution in [3.63, 3.8) is 0 Å². The Bertz CT molecular complexity index is 1100. The highest BCUT2D eigenvalue weighted by Gasteiger charge is 2.28. The van der Waals surface area contributed by atoms with E-state index in [-0.39, 0.29) is 36.2 Å². The van der Waals surface area contributed by atoms with E-state index in [1.165, 1.54) is 0 Å². The van der Waals surface area contributed by atoms with E-state index in [1.807, 2.05) is 12.1 Å². The number of imide groups is 1. The summed E-state index contributed by atoms with van der Waals surface area (Å²) in [5.41, 5.74) is 1.92. The van der Waals surface area contributed by atoms with E-state index in [1.54, 1.807) is 36.4 Å². The minimum absolute atomic E-state index is 0.00928. The minimum Gasteiger partial charge on any atom is -0.329 e. The maximum absolute atomic E-state index is 12.7. The van der Waals surface area contributed by atoms with Gasteiger partial charge in [0.25, 0.3) is 10.0 Å². The first kappa shape index (κ1) is 24.2. The molecular formula is C23H28N4O5S. The van der Waals surface area contributed by atoms with E-state index in [4.69, 9.17) is 0 Å². The van der Waals surface area contributed by atoms with Crippen molar-refractivity contribution in [3.8, 4) is 0 Å². The predicted molar refractivity (Wildman–Crippen MR) is 125 cm³/mol. The molecule has 0 spiro atoms. The molecule has 9 nitrogen and oxygen atoms in total. The van der Waals surface area contributed by atoms with Crippen molar-refractivity contribution in [1.29, 1.82) is 0 Å². The van der Waals surface area contributed by atoms with Crippen LogP contribution < -0.4 is 15.4 Å². The number of rotatable bonds is 10. The zero-order valence-electron chi connectivity index (χ0n) is 18.6. The summed E-state index contributed by atoms with van der Waals surface area (Å²) in [4.78, 5) is 36.3. The first-order valence-electron chi connectivity index (χ1n) is 10.7. The molecule has 0 aliphatic carbocycles. The van der Waals surface area contributed by atoms with Crippen molar-refractivity contribution < 1.29 is 22.8 Å². The molecule has 0 radical (unpaired) electrons. The topological polar surface area (TPSA) is 125 Å². The van der Waals surface area contributed by atoms with Gasteiger partial charge in [0.1, 0.15) is 0 Å².